The molecule has 2 unspecified atom stereocenters. The molecule has 2 rings (SSSR count). The van der Waals surface area contributed by atoms with Crippen molar-refractivity contribution in [2.75, 3.05) is 18.0 Å². The van der Waals surface area contributed by atoms with Gasteiger partial charge in [0.15, 0.2) is 0 Å². The molecule has 1 aromatic carbocycles. The van der Waals surface area contributed by atoms with E-state index in [1.165, 1.54) is 0 Å². The molecule has 2 atom stereocenters. The number of anilines is 1. The van der Waals surface area contributed by atoms with E-state index in [4.69, 9.17) is 0 Å². The van der Waals surface area contributed by atoms with E-state index < -0.39 is 5.97 Å². The van der Waals surface area contributed by atoms with Gasteiger partial charge in [-0.2, -0.15) is 0 Å². The molecule has 0 spiro atoms. The predicted octanol–water partition coefficient (Wildman–Crippen LogP) is 1.90. The van der Waals surface area contributed by atoms with E-state index in [1.807, 2.05) is 26.0 Å². The van der Waals surface area contributed by atoms with Gasteiger partial charge < -0.3 is 15.1 Å². The van der Waals surface area contributed by atoms with E-state index >= 15 is 0 Å². The smallest absolute Gasteiger partial charge is 0.337 e. The molecule has 1 aliphatic rings. The van der Waals surface area contributed by atoms with E-state index in [1.54, 1.807) is 6.07 Å². The lowest BCUT2D eigenvalue weighted by atomic mass is 9.95. The average Bonchev–Trinajstić information content (AvgIpc) is 2.32. The number of aryl methyl sites for hydroxylation is 1. The number of nitrogens with zero attached hydrogens (tertiary/aromatic N) is 1. The van der Waals surface area contributed by atoms with Gasteiger partial charge in [-0.1, -0.05) is 18.6 Å². The normalized spacial score (nSPS) is 24.1. The van der Waals surface area contributed by atoms with Gasteiger partial charge in [0.2, 0.25) is 0 Å². The number of aliphatic hydroxyl groups excluding tert-OH is 1. The lowest BCUT2D eigenvalue weighted by Gasteiger charge is -2.36. The van der Waals surface area contributed by atoms with Crippen LogP contribution in [0.1, 0.15) is 29.3 Å². The Morgan fingerprint density at radius 1 is 1.44 bits per heavy atom. The van der Waals surface area contributed by atoms with Gasteiger partial charge in [-0.25, -0.2) is 4.79 Å². The van der Waals surface area contributed by atoms with E-state index in [2.05, 4.69) is 4.90 Å². The van der Waals surface area contributed by atoms with Crippen LogP contribution < -0.4 is 4.90 Å². The first-order valence-corrected chi connectivity index (χ1v) is 6.26. The van der Waals surface area contributed by atoms with Crippen LogP contribution in [0.2, 0.25) is 0 Å². The van der Waals surface area contributed by atoms with Gasteiger partial charge in [0.25, 0.3) is 0 Å². The second-order valence-electron chi connectivity index (χ2n) is 5.11. The van der Waals surface area contributed by atoms with Crippen LogP contribution in [0.5, 0.6) is 0 Å². The Morgan fingerprint density at radius 3 is 2.78 bits per heavy atom. The highest BCUT2D eigenvalue weighted by molar-refractivity contribution is 5.94. The highest BCUT2D eigenvalue weighted by Gasteiger charge is 2.26. The fraction of sp³-hybridized carbons (Fsp3) is 0.500. The van der Waals surface area contributed by atoms with Crippen LogP contribution in [0, 0.1) is 12.8 Å². The van der Waals surface area contributed by atoms with Crippen LogP contribution in [-0.2, 0) is 0 Å². The van der Waals surface area contributed by atoms with Gasteiger partial charge in [0, 0.05) is 13.1 Å². The lowest BCUT2D eigenvalue weighted by Crippen LogP contribution is -2.42. The quantitative estimate of drug-likeness (QED) is 0.840. The van der Waals surface area contributed by atoms with Crippen LogP contribution in [0.4, 0.5) is 5.69 Å². The topological polar surface area (TPSA) is 60.8 Å². The first kappa shape index (κ1) is 12.9. The molecule has 4 heteroatoms. The summed E-state index contributed by atoms with van der Waals surface area (Å²) in [5.41, 5.74) is 2.05. The summed E-state index contributed by atoms with van der Waals surface area (Å²) in [6.07, 6.45) is 0.411. The molecule has 1 aliphatic heterocycles. The van der Waals surface area contributed by atoms with Gasteiger partial charge >= 0.3 is 5.97 Å². The molecule has 18 heavy (non-hydrogen) atoms. The summed E-state index contributed by atoms with van der Waals surface area (Å²) < 4.78 is 0. The summed E-state index contributed by atoms with van der Waals surface area (Å²) in [4.78, 5) is 13.3. The maximum absolute atomic E-state index is 11.3. The van der Waals surface area contributed by atoms with Crippen molar-refractivity contribution in [2.45, 2.75) is 26.4 Å². The van der Waals surface area contributed by atoms with Crippen LogP contribution in [0.3, 0.4) is 0 Å². The van der Waals surface area contributed by atoms with Crippen molar-refractivity contribution < 1.29 is 15.0 Å². The van der Waals surface area contributed by atoms with E-state index in [0.29, 0.717) is 25.1 Å². The fourth-order valence-electron chi connectivity index (χ4n) is 2.45. The number of benzene rings is 1. The standard InChI is InChI=1S/C14H19NO3/c1-9-3-4-12(11(7-9)14(17)18)15-6-5-13(16)10(2)8-15/h3-4,7,10,13,16H,5-6,8H2,1-2H3,(H,17,18). The second kappa shape index (κ2) is 4.98. The molecule has 98 valence electrons. The third kappa shape index (κ3) is 2.48. The zero-order valence-corrected chi connectivity index (χ0v) is 10.8. The van der Waals surface area contributed by atoms with Crippen molar-refractivity contribution >= 4 is 11.7 Å². The minimum Gasteiger partial charge on any atom is -0.478 e. The number of aromatic carboxylic acids is 1. The second-order valence-corrected chi connectivity index (χ2v) is 5.11. The molecule has 4 nitrogen and oxygen atoms in total. The number of hydrogen-bond donors (Lipinski definition) is 2. The molecular weight excluding hydrogens is 230 g/mol. The van der Waals surface area contributed by atoms with Crippen molar-refractivity contribution in [1.29, 1.82) is 0 Å². The highest BCUT2D eigenvalue weighted by atomic mass is 16.4. The van der Waals surface area contributed by atoms with Crippen LogP contribution in [0.15, 0.2) is 18.2 Å². The Kier molecular flexibility index (Phi) is 3.57. The Hall–Kier alpha value is -1.55. The Morgan fingerprint density at radius 2 is 2.17 bits per heavy atom. The Balaban J connectivity index is 2.30. The molecule has 2 N–H and O–H groups in total. The number of rotatable bonds is 2. The minimum atomic E-state index is -0.896. The molecule has 0 aliphatic carbocycles. The molecule has 0 bridgehead atoms. The highest BCUT2D eigenvalue weighted by Crippen LogP contribution is 2.27. The van der Waals surface area contributed by atoms with Crippen LogP contribution >= 0.6 is 0 Å². The van der Waals surface area contributed by atoms with E-state index in [0.717, 1.165) is 11.3 Å². The molecule has 0 aromatic heterocycles. The summed E-state index contributed by atoms with van der Waals surface area (Å²) in [5, 5.41) is 19.0. The number of carbonyl (C=O) groups is 1. The van der Waals surface area contributed by atoms with Crippen LogP contribution in [0.25, 0.3) is 0 Å². The van der Waals surface area contributed by atoms with Crippen molar-refractivity contribution in [3.63, 3.8) is 0 Å². The molecule has 1 fully saturated rings. The number of aliphatic hydroxyl groups is 1. The number of piperidine rings is 1. The first-order valence-electron chi connectivity index (χ1n) is 6.26. The summed E-state index contributed by atoms with van der Waals surface area (Å²) in [7, 11) is 0. The summed E-state index contributed by atoms with van der Waals surface area (Å²) in [6.45, 7) is 5.28. The van der Waals surface area contributed by atoms with Gasteiger partial charge in [-0.15, -0.1) is 0 Å². The zero-order valence-electron chi connectivity index (χ0n) is 10.8. The fourth-order valence-corrected chi connectivity index (χ4v) is 2.45. The molecule has 0 amide bonds. The first-order chi connectivity index (χ1) is 8.49. The van der Waals surface area contributed by atoms with Crippen molar-refractivity contribution in [2.24, 2.45) is 5.92 Å². The molecule has 0 saturated carbocycles. The van der Waals surface area contributed by atoms with Gasteiger partial charge in [0.05, 0.1) is 17.4 Å². The SMILES string of the molecule is Cc1ccc(N2CCC(O)C(C)C2)c(C(=O)O)c1. The van der Waals surface area contributed by atoms with E-state index in [9.17, 15) is 15.0 Å². The van der Waals surface area contributed by atoms with Crippen molar-refractivity contribution in [3.05, 3.63) is 29.3 Å². The zero-order chi connectivity index (χ0) is 13.3. The van der Waals surface area contributed by atoms with Crippen molar-refractivity contribution in [1.82, 2.24) is 0 Å². The molecule has 1 heterocycles. The Bertz CT molecular complexity index is 458. The lowest BCUT2D eigenvalue weighted by molar-refractivity contribution is 0.0696. The van der Waals surface area contributed by atoms with Crippen LogP contribution in [-0.4, -0.2) is 35.4 Å². The van der Waals surface area contributed by atoms with Crippen molar-refractivity contribution in [3.8, 4) is 0 Å². The number of carboxylic acids is 1. The molecular formula is C14H19NO3. The number of carboxylic acid groups (broad SMARTS) is 1. The molecule has 1 aromatic rings. The summed E-state index contributed by atoms with van der Waals surface area (Å²) in [6, 6.07) is 5.49. The summed E-state index contributed by atoms with van der Waals surface area (Å²) in [5.74, 6) is -0.728. The molecule has 1 saturated heterocycles. The maximum Gasteiger partial charge on any atom is 0.337 e. The van der Waals surface area contributed by atoms with Gasteiger partial charge in [0.1, 0.15) is 0 Å². The molecule has 0 radical (unpaired) electrons. The maximum atomic E-state index is 11.3. The minimum absolute atomic E-state index is 0.168. The van der Waals surface area contributed by atoms with Gasteiger partial charge in [-0.05, 0) is 31.4 Å². The Labute approximate surface area is 107 Å². The third-order valence-corrected chi connectivity index (χ3v) is 3.58. The van der Waals surface area contributed by atoms with E-state index in [-0.39, 0.29) is 12.0 Å². The number of hydrogen-bond acceptors (Lipinski definition) is 3. The monoisotopic (exact) mass is 249 g/mol. The third-order valence-electron chi connectivity index (χ3n) is 3.58. The average molecular weight is 249 g/mol. The summed E-state index contributed by atoms with van der Waals surface area (Å²) >= 11 is 0. The predicted molar refractivity (Wildman–Crippen MR) is 70.1 cm³/mol. The van der Waals surface area contributed by atoms with Gasteiger partial charge in [-0.3, -0.25) is 0 Å². The largest absolute Gasteiger partial charge is 0.478 e.